The van der Waals surface area contributed by atoms with E-state index in [0.29, 0.717) is 0 Å². The van der Waals surface area contributed by atoms with Crippen LogP contribution in [-0.2, 0) is 9.47 Å². The molecule has 0 aromatic heterocycles. The molecule has 84 valence electrons. The van der Waals surface area contributed by atoms with Crippen LogP contribution in [0.25, 0.3) is 0 Å². The predicted molar refractivity (Wildman–Crippen MR) is 48.6 cm³/mol. The zero-order valence-electron chi connectivity index (χ0n) is 8.62. The van der Waals surface area contributed by atoms with E-state index in [4.69, 9.17) is 9.47 Å². The Balaban J connectivity index is 2.64. The van der Waals surface area contributed by atoms with Gasteiger partial charge in [-0.25, -0.2) is 0 Å². The van der Waals surface area contributed by atoms with Crippen molar-refractivity contribution in [2.45, 2.75) is 57.6 Å². The maximum absolute atomic E-state index is 9.61. The Morgan fingerprint density at radius 2 is 1.71 bits per heavy atom. The summed E-state index contributed by atoms with van der Waals surface area (Å²) in [7, 11) is 0. The maximum atomic E-state index is 9.61. The van der Waals surface area contributed by atoms with Crippen LogP contribution in [0, 0.1) is 0 Å². The number of rotatable bonds is 2. The molecule has 5 unspecified atom stereocenters. The minimum Gasteiger partial charge on any atom is -0.387 e. The molecular formula is C9H18O5. The molecule has 1 aliphatic rings. The quantitative estimate of drug-likeness (QED) is 0.553. The van der Waals surface area contributed by atoms with E-state index in [1.54, 1.807) is 6.92 Å². The Morgan fingerprint density at radius 3 is 2.21 bits per heavy atom. The van der Waals surface area contributed by atoms with Crippen LogP contribution >= 0.6 is 0 Å². The monoisotopic (exact) mass is 206 g/mol. The van der Waals surface area contributed by atoms with E-state index in [-0.39, 0.29) is 6.10 Å². The van der Waals surface area contributed by atoms with Gasteiger partial charge in [-0.1, -0.05) is 0 Å². The number of hydrogen-bond donors (Lipinski definition) is 3. The van der Waals surface area contributed by atoms with E-state index in [1.807, 2.05) is 13.8 Å². The highest BCUT2D eigenvalue weighted by atomic mass is 16.6. The molecule has 0 radical (unpaired) electrons. The molecule has 5 heteroatoms. The summed E-state index contributed by atoms with van der Waals surface area (Å²) < 4.78 is 10.4. The fourth-order valence-electron chi connectivity index (χ4n) is 1.52. The number of ether oxygens (including phenoxy) is 2. The summed E-state index contributed by atoms with van der Waals surface area (Å²) in [6.45, 7) is 5.35. The molecule has 5 atom stereocenters. The lowest BCUT2D eigenvalue weighted by Crippen LogP contribution is -2.57. The van der Waals surface area contributed by atoms with Crippen molar-refractivity contribution in [3.05, 3.63) is 0 Å². The molecule has 5 nitrogen and oxygen atoms in total. The summed E-state index contributed by atoms with van der Waals surface area (Å²) in [6, 6.07) is 0. The van der Waals surface area contributed by atoms with Gasteiger partial charge < -0.3 is 24.8 Å². The van der Waals surface area contributed by atoms with Crippen molar-refractivity contribution in [1.29, 1.82) is 0 Å². The number of aliphatic hydroxyl groups is 3. The number of aliphatic hydroxyl groups excluding tert-OH is 3. The first kappa shape index (κ1) is 11.9. The van der Waals surface area contributed by atoms with E-state index in [9.17, 15) is 15.3 Å². The fourth-order valence-corrected chi connectivity index (χ4v) is 1.52. The topological polar surface area (TPSA) is 79.2 Å². The standard InChI is InChI=1S/C9H18O5/c1-4(2)13-8-5(3)14-9(12)7(11)6(8)10/h4-12H,1-3H3. The first-order chi connectivity index (χ1) is 6.43. The molecule has 14 heavy (non-hydrogen) atoms. The lowest BCUT2D eigenvalue weighted by molar-refractivity contribution is -0.289. The zero-order valence-corrected chi connectivity index (χ0v) is 8.62. The highest BCUT2D eigenvalue weighted by molar-refractivity contribution is 4.88. The normalized spacial score (nSPS) is 44.4. The second-order valence-corrected chi connectivity index (χ2v) is 3.86. The van der Waals surface area contributed by atoms with Gasteiger partial charge in [0.1, 0.15) is 18.3 Å². The summed E-state index contributed by atoms with van der Waals surface area (Å²) in [5, 5.41) is 28.1. The summed E-state index contributed by atoms with van der Waals surface area (Å²) in [4.78, 5) is 0. The zero-order chi connectivity index (χ0) is 10.9. The first-order valence-electron chi connectivity index (χ1n) is 4.78. The second-order valence-electron chi connectivity index (χ2n) is 3.86. The van der Waals surface area contributed by atoms with Crippen LogP contribution in [0.4, 0.5) is 0 Å². The predicted octanol–water partition coefficient (Wildman–Crippen LogP) is -0.761. The minimum atomic E-state index is -1.34. The van der Waals surface area contributed by atoms with Crippen LogP contribution in [-0.4, -0.2) is 52.1 Å². The molecule has 0 spiro atoms. The summed E-state index contributed by atoms with van der Waals surface area (Å²) in [6.07, 6.45) is -4.87. The van der Waals surface area contributed by atoms with Crippen LogP contribution < -0.4 is 0 Å². The fraction of sp³-hybridized carbons (Fsp3) is 1.00. The Hall–Kier alpha value is -0.200. The second kappa shape index (κ2) is 4.55. The van der Waals surface area contributed by atoms with Crippen molar-refractivity contribution >= 4 is 0 Å². The number of hydrogen-bond acceptors (Lipinski definition) is 5. The maximum Gasteiger partial charge on any atom is 0.183 e. The molecule has 0 bridgehead atoms. The van der Waals surface area contributed by atoms with Crippen LogP contribution in [0.2, 0.25) is 0 Å². The third-order valence-corrected chi connectivity index (χ3v) is 2.22. The molecule has 0 aromatic rings. The van der Waals surface area contributed by atoms with Crippen molar-refractivity contribution in [3.63, 3.8) is 0 Å². The Bertz CT molecular complexity index is 184. The summed E-state index contributed by atoms with van der Waals surface area (Å²) in [5.74, 6) is 0. The molecule has 0 saturated carbocycles. The van der Waals surface area contributed by atoms with Gasteiger partial charge in [0.05, 0.1) is 12.2 Å². The molecule has 1 heterocycles. The van der Waals surface area contributed by atoms with E-state index >= 15 is 0 Å². The van der Waals surface area contributed by atoms with Crippen LogP contribution in [0.15, 0.2) is 0 Å². The van der Waals surface area contributed by atoms with Crippen molar-refractivity contribution in [2.75, 3.05) is 0 Å². The Kier molecular flexibility index (Phi) is 3.86. The van der Waals surface area contributed by atoms with E-state index in [1.165, 1.54) is 0 Å². The Labute approximate surface area is 83.3 Å². The third-order valence-electron chi connectivity index (χ3n) is 2.22. The van der Waals surface area contributed by atoms with Gasteiger partial charge >= 0.3 is 0 Å². The van der Waals surface area contributed by atoms with Gasteiger partial charge in [0.15, 0.2) is 6.29 Å². The van der Waals surface area contributed by atoms with Gasteiger partial charge in [0, 0.05) is 0 Å². The molecular weight excluding hydrogens is 188 g/mol. The smallest absolute Gasteiger partial charge is 0.183 e. The molecule has 0 aromatic carbocycles. The molecule has 3 N–H and O–H groups in total. The molecule has 0 amide bonds. The SMILES string of the molecule is CC(C)OC1C(C)OC(O)C(O)C1O. The lowest BCUT2D eigenvalue weighted by atomic mass is 9.99. The third kappa shape index (κ3) is 2.43. The van der Waals surface area contributed by atoms with Crippen molar-refractivity contribution in [1.82, 2.24) is 0 Å². The summed E-state index contributed by atoms with van der Waals surface area (Å²) in [5.41, 5.74) is 0. The first-order valence-corrected chi connectivity index (χ1v) is 4.78. The van der Waals surface area contributed by atoms with Crippen molar-refractivity contribution < 1.29 is 24.8 Å². The van der Waals surface area contributed by atoms with Gasteiger partial charge in [-0.15, -0.1) is 0 Å². The van der Waals surface area contributed by atoms with Crippen LogP contribution in [0.5, 0.6) is 0 Å². The lowest BCUT2D eigenvalue weighted by Gasteiger charge is -2.40. The van der Waals surface area contributed by atoms with Gasteiger partial charge in [-0.3, -0.25) is 0 Å². The average Bonchev–Trinajstić information content (AvgIpc) is 2.09. The molecule has 0 aliphatic carbocycles. The van der Waals surface area contributed by atoms with Crippen LogP contribution in [0.3, 0.4) is 0 Å². The molecule has 1 saturated heterocycles. The van der Waals surface area contributed by atoms with Crippen molar-refractivity contribution in [2.24, 2.45) is 0 Å². The highest BCUT2D eigenvalue weighted by Gasteiger charge is 2.42. The van der Waals surface area contributed by atoms with Crippen molar-refractivity contribution in [3.8, 4) is 0 Å². The molecule has 1 rings (SSSR count). The van der Waals surface area contributed by atoms with Gasteiger partial charge in [-0.2, -0.15) is 0 Å². The largest absolute Gasteiger partial charge is 0.387 e. The van der Waals surface area contributed by atoms with Gasteiger partial charge in [0.25, 0.3) is 0 Å². The van der Waals surface area contributed by atoms with Gasteiger partial charge in [-0.05, 0) is 20.8 Å². The average molecular weight is 206 g/mol. The van der Waals surface area contributed by atoms with E-state index in [2.05, 4.69) is 0 Å². The summed E-state index contributed by atoms with van der Waals surface area (Å²) >= 11 is 0. The minimum absolute atomic E-state index is 0.0665. The molecule has 1 fully saturated rings. The highest BCUT2D eigenvalue weighted by Crippen LogP contribution is 2.22. The molecule has 1 aliphatic heterocycles. The van der Waals surface area contributed by atoms with Gasteiger partial charge in [0.2, 0.25) is 0 Å². The Morgan fingerprint density at radius 1 is 1.14 bits per heavy atom. The van der Waals surface area contributed by atoms with Crippen LogP contribution in [0.1, 0.15) is 20.8 Å². The van der Waals surface area contributed by atoms with E-state index in [0.717, 1.165) is 0 Å². The van der Waals surface area contributed by atoms with E-state index < -0.39 is 30.7 Å².